The van der Waals surface area contributed by atoms with Gasteiger partial charge in [-0.2, -0.15) is 0 Å². The predicted octanol–water partition coefficient (Wildman–Crippen LogP) is 3.26. The summed E-state index contributed by atoms with van der Waals surface area (Å²) >= 11 is 0. The summed E-state index contributed by atoms with van der Waals surface area (Å²) < 4.78 is 5.56. The zero-order valence-electron chi connectivity index (χ0n) is 16.0. The van der Waals surface area contributed by atoms with Crippen LogP contribution in [0.15, 0.2) is 42.5 Å². The monoisotopic (exact) mass is 354 g/mol. The normalized spacial score (nSPS) is 11.6. The van der Waals surface area contributed by atoms with Gasteiger partial charge in [0, 0.05) is 14.1 Å². The highest BCUT2D eigenvalue weighted by atomic mass is 16.5. The third-order valence-corrected chi connectivity index (χ3v) is 4.23. The van der Waals surface area contributed by atoms with Gasteiger partial charge in [-0.15, -0.1) is 0 Å². The van der Waals surface area contributed by atoms with Crippen LogP contribution in [0.1, 0.15) is 40.0 Å². The Labute approximate surface area is 155 Å². The molecule has 138 valence electrons. The van der Waals surface area contributed by atoms with Gasteiger partial charge < -0.3 is 15.0 Å². The molecule has 0 fully saturated rings. The molecule has 0 spiro atoms. The maximum absolute atomic E-state index is 12.7. The minimum atomic E-state index is -0.230. The molecule has 0 aliphatic rings. The van der Waals surface area contributed by atoms with Crippen molar-refractivity contribution in [3.63, 3.8) is 0 Å². The molecule has 26 heavy (non-hydrogen) atoms. The number of rotatable bonds is 6. The molecular weight excluding hydrogens is 328 g/mol. The Hall–Kier alpha value is -2.82. The molecule has 0 aliphatic heterocycles. The Bertz CT molecular complexity index is 800. The predicted molar refractivity (Wildman–Crippen MR) is 102 cm³/mol. The van der Waals surface area contributed by atoms with E-state index in [0.29, 0.717) is 11.3 Å². The number of carbonyl (C=O) groups excluding carboxylic acids is 2. The quantitative estimate of drug-likeness (QED) is 0.866. The van der Waals surface area contributed by atoms with Crippen molar-refractivity contribution in [3.05, 3.63) is 64.7 Å². The molecule has 1 atom stereocenters. The Morgan fingerprint density at radius 3 is 2.50 bits per heavy atom. The highest BCUT2D eigenvalue weighted by Gasteiger charge is 2.17. The molecule has 2 rings (SSSR count). The fourth-order valence-corrected chi connectivity index (χ4v) is 2.63. The number of para-hydroxylation sites is 1. The van der Waals surface area contributed by atoms with Gasteiger partial charge in [0.2, 0.25) is 0 Å². The first kappa shape index (κ1) is 19.5. The number of benzene rings is 2. The number of aryl methyl sites for hydroxylation is 2. The minimum Gasteiger partial charge on any atom is -0.483 e. The van der Waals surface area contributed by atoms with Crippen LogP contribution in [-0.2, 0) is 4.79 Å². The molecule has 2 aromatic rings. The van der Waals surface area contributed by atoms with E-state index in [-0.39, 0.29) is 24.5 Å². The van der Waals surface area contributed by atoms with E-state index in [2.05, 4.69) is 23.5 Å². The molecule has 0 aromatic heterocycles. The van der Waals surface area contributed by atoms with E-state index in [1.165, 1.54) is 4.90 Å². The molecule has 0 radical (unpaired) electrons. The molecule has 0 saturated carbocycles. The van der Waals surface area contributed by atoms with Gasteiger partial charge >= 0.3 is 0 Å². The van der Waals surface area contributed by atoms with Crippen molar-refractivity contribution in [1.82, 2.24) is 10.2 Å². The molecule has 0 bridgehead atoms. The largest absolute Gasteiger partial charge is 0.483 e. The van der Waals surface area contributed by atoms with Crippen molar-refractivity contribution >= 4 is 11.8 Å². The lowest BCUT2D eigenvalue weighted by Crippen LogP contribution is -2.29. The van der Waals surface area contributed by atoms with Crippen molar-refractivity contribution in [2.24, 2.45) is 0 Å². The van der Waals surface area contributed by atoms with Gasteiger partial charge in [0.1, 0.15) is 5.75 Å². The number of nitrogens with one attached hydrogen (secondary N) is 1. The van der Waals surface area contributed by atoms with Gasteiger partial charge in [0.25, 0.3) is 11.8 Å². The summed E-state index contributed by atoms with van der Waals surface area (Å²) in [5.74, 6) is 0.00337. The van der Waals surface area contributed by atoms with Crippen LogP contribution in [0.25, 0.3) is 0 Å². The fourth-order valence-electron chi connectivity index (χ4n) is 2.63. The number of ether oxygens (including phenoxy) is 1. The zero-order valence-corrected chi connectivity index (χ0v) is 16.0. The maximum Gasteiger partial charge on any atom is 0.259 e. The molecule has 2 amide bonds. The molecule has 2 aromatic carbocycles. The Balaban J connectivity index is 2.14. The number of carbonyl (C=O) groups is 2. The first-order valence-electron chi connectivity index (χ1n) is 8.59. The summed E-state index contributed by atoms with van der Waals surface area (Å²) in [5.41, 5.74) is 3.78. The average Bonchev–Trinajstić information content (AvgIpc) is 2.61. The summed E-state index contributed by atoms with van der Waals surface area (Å²) in [4.78, 5) is 25.9. The lowest BCUT2D eigenvalue weighted by atomic mass is 9.99. The molecule has 1 unspecified atom stereocenters. The molecule has 1 N–H and O–H groups in total. The molecule has 5 heteroatoms. The minimum absolute atomic E-state index is 0.107. The number of likely N-dealkylation sites (N-methyl/N-ethyl adjacent to an activating group) is 1. The van der Waals surface area contributed by atoms with Gasteiger partial charge in [0.15, 0.2) is 6.61 Å². The van der Waals surface area contributed by atoms with E-state index in [0.717, 1.165) is 16.7 Å². The SMILES string of the molecule is Cc1ccc(C)c(C(C)NC(=O)c2ccccc2OCC(=O)N(C)C)c1. The Kier molecular flexibility index (Phi) is 6.39. The van der Waals surface area contributed by atoms with Crippen molar-refractivity contribution in [1.29, 1.82) is 0 Å². The van der Waals surface area contributed by atoms with Gasteiger partial charge in [-0.05, 0) is 44.0 Å². The second-order valence-electron chi connectivity index (χ2n) is 6.63. The summed E-state index contributed by atoms with van der Waals surface area (Å²) in [7, 11) is 3.33. The van der Waals surface area contributed by atoms with Crippen molar-refractivity contribution in [2.45, 2.75) is 26.8 Å². The average molecular weight is 354 g/mol. The van der Waals surface area contributed by atoms with Crippen LogP contribution in [0.5, 0.6) is 5.75 Å². The molecule has 0 saturated heterocycles. The van der Waals surface area contributed by atoms with Gasteiger partial charge in [-0.3, -0.25) is 9.59 Å². The summed E-state index contributed by atoms with van der Waals surface area (Å²) in [5, 5.41) is 3.02. The summed E-state index contributed by atoms with van der Waals surface area (Å²) in [6, 6.07) is 13.0. The van der Waals surface area contributed by atoms with E-state index in [1.54, 1.807) is 38.4 Å². The second-order valence-corrected chi connectivity index (χ2v) is 6.63. The number of hydrogen-bond donors (Lipinski definition) is 1. The lowest BCUT2D eigenvalue weighted by molar-refractivity contribution is -0.130. The topological polar surface area (TPSA) is 58.6 Å². The highest BCUT2D eigenvalue weighted by molar-refractivity contribution is 5.97. The number of nitrogens with zero attached hydrogens (tertiary/aromatic N) is 1. The molecule has 0 heterocycles. The Morgan fingerprint density at radius 2 is 1.81 bits per heavy atom. The van der Waals surface area contributed by atoms with Crippen LogP contribution in [0, 0.1) is 13.8 Å². The van der Waals surface area contributed by atoms with E-state index in [1.807, 2.05) is 20.8 Å². The van der Waals surface area contributed by atoms with Crippen LogP contribution in [-0.4, -0.2) is 37.4 Å². The van der Waals surface area contributed by atoms with Crippen LogP contribution in [0.3, 0.4) is 0 Å². The second kappa shape index (κ2) is 8.52. The Morgan fingerprint density at radius 1 is 1.12 bits per heavy atom. The van der Waals surface area contributed by atoms with Crippen molar-refractivity contribution in [2.75, 3.05) is 20.7 Å². The third-order valence-electron chi connectivity index (χ3n) is 4.23. The van der Waals surface area contributed by atoms with Gasteiger partial charge in [-0.25, -0.2) is 0 Å². The maximum atomic E-state index is 12.7. The smallest absolute Gasteiger partial charge is 0.259 e. The molecule has 0 aliphatic carbocycles. The van der Waals surface area contributed by atoms with E-state index in [4.69, 9.17) is 4.74 Å². The van der Waals surface area contributed by atoms with Crippen LogP contribution >= 0.6 is 0 Å². The van der Waals surface area contributed by atoms with Crippen LogP contribution < -0.4 is 10.1 Å². The van der Waals surface area contributed by atoms with E-state index < -0.39 is 0 Å². The van der Waals surface area contributed by atoms with E-state index in [9.17, 15) is 9.59 Å². The van der Waals surface area contributed by atoms with Gasteiger partial charge in [0.05, 0.1) is 11.6 Å². The number of amides is 2. The van der Waals surface area contributed by atoms with Crippen molar-refractivity contribution in [3.8, 4) is 5.75 Å². The number of hydrogen-bond acceptors (Lipinski definition) is 3. The van der Waals surface area contributed by atoms with E-state index >= 15 is 0 Å². The zero-order chi connectivity index (χ0) is 19.3. The molecular formula is C21H26N2O3. The highest BCUT2D eigenvalue weighted by Crippen LogP contribution is 2.22. The first-order chi connectivity index (χ1) is 12.3. The first-order valence-corrected chi connectivity index (χ1v) is 8.59. The molecule has 5 nitrogen and oxygen atoms in total. The third kappa shape index (κ3) is 4.85. The van der Waals surface area contributed by atoms with Crippen LogP contribution in [0.2, 0.25) is 0 Å². The fraction of sp³-hybridized carbons (Fsp3) is 0.333. The lowest BCUT2D eigenvalue weighted by Gasteiger charge is -2.19. The standard InChI is InChI=1S/C21H26N2O3/c1-14-10-11-15(2)18(12-14)16(3)22-21(25)17-8-6-7-9-19(17)26-13-20(24)23(4)5/h6-12,16H,13H2,1-5H3,(H,22,25). The summed E-state index contributed by atoms with van der Waals surface area (Å²) in [6.45, 7) is 5.91. The van der Waals surface area contributed by atoms with Crippen LogP contribution in [0.4, 0.5) is 0 Å². The summed E-state index contributed by atoms with van der Waals surface area (Å²) in [6.07, 6.45) is 0. The van der Waals surface area contributed by atoms with Gasteiger partial charge in [-0.1, -0.05) is 35.9 Å². The van der Waals surface area contributed by atoms with Crippen molar-refractivity contribution < 1.29 is 14.3 Å².